The topological polar surface area (TPSA) is 89.1 Å². The Kier molecular flexibility index (Phi) is 4.72. The molecule has 1 atom stereocenters. The number of nitrogens with one attached hydrogen (secondary N) is 1. The van der Waals surface area contributed by atoms with Crippen molar-refractivity contribution in [2.45, 2.75) is 12.6 Å². The van der Waals surface area contributed by atoms with Gasteiger partial charge in [0.25, 0.3) is 0 Å². The SMILES string of the molecule is CN(C)C(CNCc1ccc(O)c(O)c1O)c1ccco1. The number of aromatic hydroxyl groups is 3. The molecule has 0 aliphatic carbocycles. The van der Waals surface area contributed by atoms with Crippen LogP contribution in [-0.4, -0.2) is 40.9 Å². The molecule has 0 saturated carbocycles. The van der Waals surface area contributed by atoms with E-state index in [4.69, 9.17) is 4.42 Å². The summed E-state index contributed by atoms with van der Waals surface area (Å²) >= 11 is 0. The number of nitrogens with zero attached hydrogens (tertiary/aromatic N) is 1. The number of furan rings is 1. The third-order valence-corrected chi connectivity index (χ3v) is 3.36. The van der Waals surface area contributed by atoms with E-state index in [0.29, 0.717) is 18.7 Å². The Morgan fingerprint density at radius 1 is 1.14 bits per heavy atom. The highest BCUT2D eigenvalue weighted by Gasteiger charge is 2.17. The van der Waals surface area contributed by atoms with Gasteiger partial charge in [0, 0.05) is 18.7 Å². The summed E-state index contributed by atoms with van der Waals surface area (Å²) in [6.07, 6.45) is 1.63. The molecule has 0 fully saturated rings. The summed E-state index contributed by atoms with van der Waals surface area (Å²) in [5, 5.41) is 31.7. The lowest BCUT2D eigenvalue weighted by Crippen LogP contribution is -2.30. The van der Waals surface area contributed by atoms with E-state index in [1.54, 1.807) is 12.3 Å². The van der Waals surface area contributed by atoms with Crippen molar-refractivity contribution in [2.24, 2.45) is 0 Å². The van der Waals surface area contributed by atoms with Crippen LogP contribution in [0.1, 0.15) is 17.4 Å². The number of phenolic OH excluding ortho intramolecular Hbond substituents is 3. The van der Waals surface area contributed by atoms with Crippen LogP contribution in [0.2, 0.25) is 0 Å². The number of phenols is 3. The van der Waals surface area contributed by atoms with Crippen molar-refractivity contribution in [3.05, 3.63) is 41.9 Å². The van der Waals surface area contributed by atoms with Gasteiger partial charge < -0.3 is 25.1 Å². The third kappa shape index (κ3) is 3.48. The van der Waals surface area contributed by atoms with E-state index in [1.807, 2.05) is 31.1 Å². The van der Waals surface area contributed by atoms with Crippen molar-refractivity contribution in [2.75, 3.05) is 20.6 Å². The minimum absolute atomic E-state index is 0.0628. The number of benzene rings is 1. The zero-order valence-corrected chi connectivity index (χ0v) is 12.1. The van der Waals surface area contributed by atoms with E-state index in [-0.39, 0.29) is 17.5 Å². The van der Waals surface area contributed by atoms with Crippen molar-refractivity contribution in [3.8, 4) is 17.2 Å². The highest BCUT2D eigenvalue weighted by molar-refractivity contribution is 5.52. The van der Waals surface area contributed by atoms with E-state index in [1.165, 1.54) is 6.07 Å². The lowest BCUT2D eigenvalue weighted by atomic mass is 10.1. The molecule has 6 heteroatoms. The van der Waals surface area contributed by atoms with E-state index >= 15 is 0 Å². The normalized spacial score (nSPS) is 12.7. The molecule has 1 heterocycles. The number of hydrogen-bond donors (Lipinski definition) is 4. The van der Waals surface area contributed by atoms with Crippen molar-refractivity contribution in [1.82, 2.24) is 10.2 Å². The van der Waals surface area contributed by atoms with E-state index in [9.17, 15) is 15.3 Å². The Morgan fingerprint density at radius 2 is 1.90 bits per heavy atom. The largest absolute Gasteiger partial charge is 0.504 e. The van der Waals surface area contributed by atoms with Crippen molar-refractivity contribution in [3.63, 3.8) is 0 Å². The Labute approximate surface area is 123 Å². The van der Waals surface area contributed by atoms with Crippen LogP contribution >= 0.6 is 0 Å². The van der Waals surface area contributed by atoms with Crippen LogP contribution in [0.3, 0.4) is 0 Å². The van der Waals surface area contributed by atoms with Gasteiger partial charge in [0.15, 0.2) is 11.5 Å². The van der Waals surface area contributed by atoms with Gasteiger partial charge in [-0.25, -0.2) is 0 Å². The summed E-state index contributed by atoms with van der Waals surface area (Å²) < 4.78 is 5.41. The maximum atomic E-state index is 9.76. The Hall–Kier alpha value is -2.18. The summed E-state index contributed by atoms with van der Waals surface area (Å²) in [5.74, 6) is -0.283. The summed E-state index contributed by atoms with van der Waals surface area (Å²) in [4.78, 5) is 2.03. The molecule has 0 saturated heterocycles. The smallest absolute Gasteiger partial charge is 0.200 e. The molecule has 114 valence electrons. The molecular weight excluding hydrogens is 272 g/mol. The molecule has 2 rings (SSSR count). The maximum absolute atomic E-state index is 9.76. The number of rotatable bonds is 6. The van der Waals surface area contributed by atoms with Gasteiger partial charge in [-0.2, -0.15) is 0 Å². The predicted octanol–water partition coefficient (Wildman–Crippen LogP) is 1.79. The molecule has 4 N–H and O–H groups in total. The lowest BCUT2D eigenvalue weighted by Gasteiger charge is -2.22. The van der Waals surface area contributed by atoms with Gasteiger partial charge in [0.2, 0.25) is 5.75 Å². The lowest BCUT2D eigenvalue weighted by molar-refractivity contribution is 0.250. The Morgan fingerprint density at radius 3 is 2.52 bits per heavy atom. The second kappa shape index (κ2) is 6.51. The van der Waals surface area contributed by atoms with E-state index in [2.05, 4.69) is 5.32 Å². The fourth-order valence-corrected chi connectivity index (χ4v) is 2.12. The molecule has 6 nitrogen and oxygen atoms in total. The Bertz CT molecular complexity index is 582. The maximum Gasteiger partial charge on any atom is 0.200 e. The van der Waals surface area contributed by atoms with Gasteiger partial charge in [0.05, 0.1) is 12.3 Å². The van der Waals surface area contributed by atoms with Crippen LogP contribution < -0.4 is 5.32 Å². The van der Waals surface area contributed by atoms with E-state index in [0.717, 1.165) is 5.76 Å². The highest BCUT2D eigenvalue weighted by atomic mass is 16.3. The average molecular weight is 292 g/mol. The first-order valence-corrected chi connectivity index (χ1v) is 6.64. The molecule has 0 radical (unpaired) electrons. The zero-order chi connectivity index (χ0) is 15.4. The van der Waals surface area contributed by atoms with Gasteiger partial charge >= 0.3 is 0 Å². The zero-order valence-electron chi connectivity index (χ0n) is 12.1. The molecule has 21 heavy (non-hydrogen) atoms. The first kappa shape index (κ1) is 15.2. The molecule has 1 aromatic heterocycles. The summed E-state index contributed by atoms with van der Waals surface area (Å²) in [7, 11) is 3.91. The van der Waals surface area contributed by atoms with Gasteiger partial charge in [-0.15, -0.1) is 0 Å². The molecule has 0 aliphatic heterocycles. The van der Waals surface area contributed by atoms with Crippen LogP contribution in [-0.2, 0) is 6.54 Å². The number of likely N-dealkylation sites (N-methyl/N-ethyl adjacent to an activating group) is 1. The molecule has 0 bridgehead atoms. The minimum atomic E-state index is -0.496. The fraction of sp³-hybridized carbons (Fsp3) is 0.333. The van der Waals surface area contributed by atoms with Gasteiger partial charge in [0.1, 0.15) is 5.76 Å². The fourth-order valence-electron chi connectivity index (χ4n) is 2.12. The molecule has 1 unspecified atom stereocenters. The molecular formula is C15H20N2O4. The molecule has 1 aromatic carbocycles. The number of hydrogen-bond acceptors (Lipinski definition) is 6. The van der Waals surface area contributed by atoms with Gasteiger partial charge in [-0.1, -0.05) is 6.07 Å². The summed E-state index contributed by atoms with van der Waals surface area (Å²) in [6.45, 7) is 0.978. The van der Waals surface area contributed by atoms with Crippen LogP contribution in [0.4, 0.5) is 0 Å². The Balaban J connectivity index is 1.99. The van der Waals surface area contributed by atoms with Crippen molar-refractivity contribution in [1.29, 1.82) is 0 Å². The van der Waals surface area contributed by atoms with E-state index < -0.39 is 5.75 Å². The average Bonchev–Trinajstić information content (AvgIpc) is 2.96. The first-order valence-electron chi connectivity index (χ1n) is 6.64. The van der Waals surface area contributed by atoms with Crippen LogP contribution in [0.15, 0.2) is 34.9 Å². The molecule has 2 aromatic rings. The van der Waals surface area contributed by atoms with Crippen LogP contribution in [0.25, 0.3) is 0 Å². The van der Waals surface area contributed by atoms with Crippen molar-refractivity contribution < 1.29 is 19.7 Å². The van der Waals surface area contributed by atoms with Gasteiger partial charge in [-0.05, 0) is 32.3 Å². The highest BCUT2D eigenvalue weighted by Crippen LogP contribution is 2.36. The first-order chi connectivity index (χ1) is 10.0. The van der Waals surface area contributed by atoms with Crippen LogP contribution in [0.5, 0.6) is 17.2 Å². The van der Waals surface area contributed by atoms with Crippen molar-refractivity contribution >= 4 is 0 Å². The third-order valence-electron chi connectivity index (χ3n) is 3.36. The second-order valence-corrected chi connectivity index (χ2v) is 5.07. The summed E-state index contributed by atoms with van der Waals surface area (Å²) in [6, 6.07) is 6.73. The monoisotopic (exact) mass is 292 g/mol. The molecule has 0 spiro atoms. The minimum Gasteiger partial charge on any atom is -0.504 e. The quantitative estimate of drug-likeness (QED) is 0.607. The standard InChI is InChI=1S/C15H20N2O4/c1-17(2)11(13-4-3-7-21-13)9-16-8-10-5-6-12(18)15(20)14(10)19/h3-7,11,16,18-20H,8-9H2,1-2H3. The van der Waals surface area contributed by atoms with Crippen LogP contribution in [0, 0.1) is 0 Å². The van der Waals surface area contributed by atoms with Gasteiger partial charge in [-0.3, -0.25) is 4.90 Å². The molecule has 0 amide bonds. The molecule has 0 aliphatic rings. The second-order valence-electron chi connectivity index (χ2n) is 5.07. The predicted molar refractivity (Wildman–Crippen MR) is 78.3 cm³/mol. The summed E-state index contributed by atoms with van der Waals surface area (Å²) in [5.41, 5.74) is 0.516.